The molecule has 1 aromatic rings. The third-order valence-electron chi connectivity index (χ3n) is 7.40. The highest BCUT2D eigenvalue weighted by Crippen LogP contribution is 2.36. The minimum absolute atomic E-state index is 0.204. The molecular weight excluding hydrogens is 574 g/mol. The van der Waals surface area contributed by atoms with Crippen molar-refractivity contribution >= 4 is 27.2 Å². The minimum Gasteiger partial charge on any atom is -0.379 e. The quantitative estimate of drug-likeness (QED) is 0.113. The molecule has 0 aromatic heterocycles. The van der Waals surface area contributed by atoms with Crippen molar-refractivity contribution in [3.63, 3.8) is 0 Å². The van der Waals surface area contributed by atoms with E-state index in [4.69, 9.17) is 9.29 Å². The second-order valence-electron chi connectivity index (χ2n) is 10.6. The standard InChI is InChI=1S/C20H40N2O.C6H3N3O9S/c1(2-4-6-9-13-21-14-11-8-12-15-21)3-5-7-10-16-22-17-19-23-20-18-22;10-7(11)3-1-4(8(12)13)6(19(16,17)18)5(2-3)9(14)15/h1-20H2;1-2H,(H,16,17,18). The number of piperidine rings is 1. The van der Waals surface area contributed by atoms with Crippen LogP contribution in [0, 0.1) is 30.3 Å². The third-order valence-corrected chi connectivity index (χ3v) is 8.33. The number of ether oxygens (including phenoxy) is 1. The summed E-state index contributed by atoms with van der Waals surface area (Å²) in [5.74, 6) is 0. The SMILES string of the molecule is C(CCCCCN1CCCCC1)CCCCCN1CCOCC1.O=[N+]([O-])c1cc([N+](=O)[O-])c(S(=O)(=O)O)c([N+](=O)[O-])c1. The van der Waals surface area contributed by atoms with Crippen molar-refractivity contribution in [1.82, 2.24) is 9.80 Å². The number of unbranched alkanes of at least 4 members (excludes halogenated alkanes) is 8. The highest BCUT2D eigenvalue weighted by atomic mass is 32.2. The number of non-ortho nitro benzene ring substituents is 1. The summed E-state index contributed by atoms with van der Waals surface area (Å²) in [5.41, 5.74) is -3.96. The second kappa shape index (κ2) is 18.7. The molecule has 0 spiro atoms. The lowest BCUT2D eigenvalue weighted by molar-refractivity contribution is -0.407. The lowest BCUT2D eigenvalue weighted by Crippen LogP contribution is -2.36. The number of benzene rings is 1. The van der Waals surface area contributed by atoms with Gasteiger partial charge in [0.15, 0.2) is 0 Å². The van der Waals surface area contributed by atoms with E-state index in [2.05, 4.69) is 9.80 Å². The molecule has 0 aliphatic carbocycles. The van der Waals surface area contributed by atoms with Gasteiger partial charge < -0.3 is 9.64 Å². The van der Waals surface area contributed by atoms with Gasteiger partial charge in [-0.15, -0.1) is 0 Å². The number of likely N-dealkylation sites (tertiary alicyclic amines) is 1. The van der Waals surface area contributed by atoms with E-state index in [1.54, 1.807) is 0 Å². The molecule has 2 aliphatic heterocycles. The predicted molar refractivity (Wildman–Crippen MR) is 155 cm³/mol. The summed E-state index contributed by atoms with van der Waals surface area (Å²) in [7, 11) is -5.30. The Bertz CT molecular complexity index is 1060. The minimum atomic E-state index is -5.30. The Kier molecular flexibility index (Phi) is 15.8. The molecule has 2 heterocycles. The highest BCUT2D eigenvalue weighted by Gasteiger charge is 2.37. The van der Waals surface area contributed by atoms with E-state index in [1.165, 1.54) is 103 Å². The molecule has 0 saturated carbocycles. The fourth-order valence-corrected chi connectivity index (χ4v) is 5.94. The van der Waals surface area contributed by atoms with Crippen molar-refractivity contribution in [1.29, 1.82) is 0 Å². The first kappa shape index (κ1) is 35.4. The number of nitrogens with zero attached hydrogens (tertiary/aromatic N) is 5. The zero-order valence-electron chi connectivity index (χ0n) is 24.1. The van der Waals surface area contributed by atoms with Crippen LogP contribution >= 0.6 is 0 Å². The van der Waals surface area contributed by atoms with Gasteiger partial charge in [-0.25, -0.2) is 0 Å². The fraction of sp³-hybridized carbons (Fsp3) is 0.769. The van der Waals surface area contributed by atoms with E-state index in [1.807, 2.05) is 0 Å². The maximum Gasteiger partial charge on any atom is 0.308 e. The number of nitro benzene ring substituents is 3. The molecule has 0 bridgehead atoms. The summed E-state index contributed by atoms with van der Waals surface area (Å²) in [4.78, 5) is 31.4. The Morgan fingerprint density at radius 2 is 1.07 bits per heavy atom. The molecule has 0 amide bonds. The van der Waals surface area contributed by atoms with Crippen molar-refractivity contribution in [2.75, 3.05) is 52.5 Å². The van der Waals surface area contributed by atoms with Crippen LogP contribution in [0.5, 0.6) is 0 Å². The van der Waals surface area contributed by atoms with Crippen LogP contribution in [-0.2, 0) is 14.9 Å². The van der Waals surface area contributed by atoms with Crippen LogP contribution in [0.4, 0.5) is 17.1 Å². The maximum atomic E-state index is 10.9. The first-order valence-corrected chi connectivity index (χ1v) is 16.1. The molecule has 3 rings (SSSR count). The summed E-state index contributed by atoms with van der Waals surface area (Å²) in [6, 6.07) is 0.409. The molecular formula is C26H43N5O10S. The van der Waals surface area contributed by atoms with E-state index in [0.717, 1.165) is 26.3 Å². The molecule has 2 aliphatic rings. The van der Waals surface area contributed by atoms with E-state index in [9.17, 15) is 38.8 Å². The molecule has 15 nitrogen and oxygen atoms in total. The van der Waals surface area contributed by atoms with Crippen LogP contribution in [0.2, 0.25) is 0 Å². The van der Waals surface area contributed by atoms with Crippen molar-refractivity contribution in [3.8, 4) is 0 Å². The third kappa shape index (κ3) is 13.0. The van der Waals surface area contributed by atoms with E-state index in [-0.39, 0.29) is 12.1 Å². The fourth-order valence-electron chi connectivity index (χ4n) is 5.14. The average Bonchev–Trinajstić information content (AvgIpc) is 2.96. The van der Waals surface area contributed by atoms with Gasteiger partial charge in [0.2, 0.25) is 4.90 Å². The Balaban J connectivity index is 0.000000299. The van der Waals surface area contributed by atoms with Gasteiger partial charge in [-0.1, -0.05) is 51.4 Å². The van der Waals surface area contributed by atoms with Gasteiger partial charge in [0.05, 0.1) is 40.1 Å². The molecule has 2 saturated heterocycles. The van der Waals surface area contributed by atoms with Crippen LogP contribution in [0.25, 0.3) is 0 Å². The van der Waals surface area contributed by atoms with Gasteiger partial charge >= 0.3 is 21.5 Å². The van der Waals surface area contributed by atoms with Crippen molar-refractivity contribution in [3.05, 3.63) is 42.5 Å². The Labute approximate surface area is 246 Å². The molecule has 238 valence electrons. The summed E-state index contributed by atoms with van der Waals surface area (Å²) in [6.45, 7) is 9.57. The summed E-state index contributed by atoms with van der Waals surface area (Å²) >= 11 is 0. The van der Waals surface area contributed by atoms with Gasteiger partial charge in [0, 0.05) is 13.1 Å². The first-order valence-electron chi connectivity index (χ1n) is 14.6. The van der Waals surface area contributed by atoms with Gasteiger partial charge in [-0.2, -0.15) is 8.42 Å². The number of morpholine rings is 1. The number of rotatable bonds is 16. The molecule has 1 aromatic carbocycles. The largest absolute Gasteiger partial charge is 0.379 e. The van der Waals surface area contributed by atoms with Crippen LogP contribution in [-0.4, -0.2) is 90.0 Å². The van der Waals surface area contributed by atoms with Crippen LogP contribution in [0.1, 0.15) is 77.0 Å². The number of hydrogen-bond donors (Lipinski definition) is 1. The van der Waals surface area contributed by atoms with Gasteiger partial charge in [-0.05, 0) is 51.9 Å². The Morgan fingerprint density at radius 3 is 1.45 bits per heavy atom. The van der Waals surface area contributed by atoms with Crippen molar-refractivity contribution in [2.45, 2.75) is 81.9 Å². The summed E-state index contributed by atoms with van der Waals surface area (Å²) in [6.07, 6.45) is 17.3. The monoisotopic (exact) mass is 617 g/mol. The van der Waals surface area contributed by atoms with Gasteiger partial charge in [-0.3, -0.25) is 39.8 Å². The van der Waals surface area contributed by atoms with Gasteiger partial charge in [0.1, 0.15) is 0 Å². The predicted octanol–water partition coefficient (Wildman–Crippen LogP) is 4.97. The van der Waals surface area contributed by atoms with Gasteiger partial charge in [0.25, 0.3) is 5.69 Å². The normalized spacial score (nSPS) is 16.4. The number of nitro groups is 3. The van der Waals surface area contributed by atoms with Crippen molar-refractivity contribution < 1.29 is 32.5 Å². The molecule has 0 unspecified atom stereocenters. The highest BCUT2D eigenvalue weighted by molar-refractivity contribution is 7.86. The lowest BCUT2D eigenvalue weighted by atomic mass is 10.1. The number of hydrogen-bond acceptors (Lipinski definition) is 11. The average molecular weight is 618 g/mol. The van der Waals surface area contributed by atoms with Crippen LogP contribution in [0.15, 0.2) is 17.0 Å². The molecule has 16 heteroatoms. The van der Waals surface area contributed by atoms with E-state index in [0.29, 0.717) is 0 Å². The molecule has 42 heavy (non-hydrogen) atoms. The van der Waals surface area contributed by atoms with Crippen molar-refractivity contribution in [2.24, 2.45) is 0 Å². The lowest BCUT2D eigenvalue weighted by Gasteiger charge is -2.26. The Hall–Kier alpha value is -2.79. The molecule has 1 N–H and O–H groups in total. The zero-order chi connectivity index (χ0) is 31.0. The van der Waals surface area contributed by atoms with E-state index >= 15 is 0 Å². The Morgan fingerprint density at radius 1 is 0.667 bits per heavy atom. The topological polar surface area (TPSA) is 199 Å². The van der Waals surface area contributed by atoms with Crippen LogP contribution < -0.4 is 0 Å². The second-order valence-corrected chi connectivity index (χ2v) is 12.0. The maximum absolute atomic E-state index is 10.9. The summed E-state index contributed by atoms with van der Waals surface area (Å²) in [5, 5.41) is 31.7. The first-order chi connectivity index (χ1) is 20.0. The van der Waals surface area contributed by atoms with Crippen LogP contribution in [0.3, 0.4) is 0 Å². The molecule has 2 fully saturated rings. The van der Waals surface area contributed by atoms with E-state index < -0.39 is 46.8 Å². The molecule has 0 atom stereocenters. The smallest absolute Gasteiger partial charge is 0.308 e. The zero-order valence-corrected chi connectivity index (χ0v) is 24.9. The summed E-state index contributed by atoms with van der Waals surface area (Å²) < 4.78 is 36.0. The molecule has 0 radical (unpaired) electrons.